The lowest BCUT2D eigenvalue weighted by molar-refractivity contribution is 0.102. The number of hydrogen-bond donors (Lipinski definition) is 1. The highest BCUT2D eigenvalue weighted by Crippen LogP contribution is 2.29. The lowest BCUT2D eigenvalue weighted by atomic mass is 10.2. The van der Waals surface area contributed by atoms with Crippen LogP contribution in [0.3, 0.4) is 0 Å². The maximum absolute atomic E-state index is 14.1. The Morgan fingerprint density at radius 3 is 2.62 bits per heavy atom. The van der Waals surface area contributed by atoms with Gasteiger partial charge in [-0.1, -0.05) is 17.7 Å². The van der Waals surface area contributed by atoms with E-state index in [1.807, 2.05) is 0 Å². The van der Waals surface area contributed by atoms with Crippen molar-refractivity contribution >= 4 is 23.2 Å². The molecule has 1 aromatic heterocycles. The summed E-state index contributed by atoms with van der Waals surface area (Å²) in [6, 6.07) is 11.9. The maximum Gasteiger partial charge on any atom is 0.257 e. The predicted octanol–water partition coefficient (Wildman–Crippen LogP) is 3.96. The second kappa shape index (κ2) is 8.79. The Balaban J connectivity index is 1.90. The van der Waals surface area contributed by atoms with Crippen LogP contribution in [0.25, 0.3) is 0 Å². The van der Waals surface area contributed by atoms with Crippen molar-refractivity contribution in [2.45, 2.75) is 6.54 Å². The first-order valence-corrected chi connectivity index (χ1v) is 8.97. The van der Waals surface area contributed by atoms with Gasteiger partial charge in [0.2, 0.25) is 0 Å². The third kappa shape index (κ3) is 4.57. The van der Waals surface area contributed by atoms with Crippen molar-refractivity contribution < 1.29 is 18.7 Å². The Labute approximate surface area is 171 Å². The summed E-state index contributed by atoms with van der Waals surface area (Å²) in [7, 11) is 2.99. The Bertz CT molecular complexity index is 1090. The molecule has 0 saturated carbocycles. The molecule has 150 valence electrons. The van der Waals surface area contributed by atoms with Crippen molar-refractivity contribution in [1.82, 2.24) is 4.57 Å². The summed E-state index contributed by atoms with van der Waals surface area (Å²) in [5.41, 5.74) is 0.400. The first-order valence-electron chi connectivity index (χ1n) is 8.59. The van der Waals surface area contributed by atoms with Gasteiger partial charge < -0.3 is 19.4 Å². The van der Waals surface area contributed by atoms with Crippen molar-refractivity contribution in [2.24, 2.45) is 0 Å². The number of aromatic nitrogens is 1. The van der Waals surface area contributed by atoms with Gasteiger partial charge >= 0.3 is 0 Å². The third-order valence-corrected chi connectivity index (χ3v) is 4.64. The number of anilines is 1. The first-order chi connectivity index (χ1) is 13.9. The predicted molar refractivity (Wildman–Crippen MR) is 109 cm³/mol. The molecule has 0 aliphatic heterocycles. The van der Waals surface area contributed by atoms with Crippen molar-refractivity contribution in [2.75, 3.05) is 19.5 Å². The van der Waals surface area contributed by atoms with Crippen LogP contribution in [-0.2, 0) is 6.54 Å². The number of carbonyl (C=O) groups is 1. The van der Waals surface area contributed by atoms with E-state index in [0.717, 1.165) is 0 Å². The molecule has 6 nitrogen and oxygen atoms in total. The minimum absolute atomic E-state index is 0.103. The fourth-order valence-corrected chi connectivity index (χ4v) is 2.97. The summed E-state index contributed by atoms with van der Waals surface area (Å²) in [5.74, 6) is -0.00354. The zero-order valence-electron chi connectivity index (χ0n) is 15.7. The maximum atomic E-state index is 14.1. The van der Waals surface area contributed by atoms with Crippen molar-refractivity contribution in [3.63, 3.8) is 0 Å². The van der Waals surface area contributed by atoms with Gasteiger partial charge in [0.25, 0.3) is 11.5 Å². The molecule has 2 aromatic carbocycles. The van der Waals surface area contributed by atoms with Crippen LogP contribution in [0, 0.1) is 5.82 Å². The van der Waals surface area contributed by atoms with E-state index in [9.17, 15) is 14.0 Å². The highest BCUT2D eigenvalue weighted by Gasteiger charge is 2.14. The molecular weight excluding hydrogens is 399 g/mol. The van der Waals surface area contributed by atoms with Gasteiger partial charge in [0.1, 0.15) is 17.3 Å². The summed E-state index contributed by atoms with van der Waals surface area (Å²) in [6.45, 7) is -0.103. The summed E-state index contributed by atoms with van der Waals surface area (Å²) in [6.07, 6.45) is 1.35. The van der Waals surface area contributed by atoms with E-state index in [4.69, 9.17) is 21.1 Å². The number of benzene rings is 2. The second-order valence-electron chi connectivity index (χ2n) is 6.10. The number of carbonyl (C=O) groups excluding carboxylic acids is 1. The normalized spacial score (nSPS) is 10.5. The molecule has 0 bridgehead atoms. The van der Waals surface area contributed by atoms with Gasteiger partial charge in [-0.2, -0.15) is 0 Å². The van der Waals surface area contributed by atoms with Crippen LogP contribution in [0.4, 0.5) is 10.1 Å². The lowest BCUT2D eigenvalue weighted by Gasteiger charge is -2.13. The molecule has 0 aliphatic rings. The number of nitrogens with zero attached hydrogens (tertiary/aromatic N) is 1. The summed E-state index contributed by atoms with van der Waals surface area (Å²) < 4.78 is 25.7. The summed E-state index contributed by atoms with van der Waals surface area (Å²) >= 11 is 6.04. The van der Waals surface area contributed by atoms with Gasteiger partial charge in [0.15, 0.2) is 0 Å². The smallest absolute Gasteiger partial charge is 0.257 e. The number of amides is 1. The van der Waals surface area contributed by atoms with E-state index in [0.29, 0.717) is 17.2 Å². The molecule has 0 unspecified atom stereocenters. The molecule has 0 aliphatic carbocycles. The molecule has 1 N–H and O–H groups in total. The minimum Gasteiger partial charge on any atom is -0.497 e. The third-order valence-electron chi connectivity index (χ3n) is 4.29. The van der Waals surface area contributed by atoms with Crippen LogP contribution in [0.1, 0.15) is 15.9 Å². The van der Waals surface area contributed by atoms with Crippen molar-refractivity contribution in [3.05, 3.63) is 87.0 Å². The second-order valence-corrected chi connectivity index (χ2v) is 6.51. The molecule has 0 saturated heterocycles. The quantitative estimate of drug-likeness (QED) is 0.660. The largest absolute Gasteiger partial charge is 0.497 e. The fraction of sp³-hybridized carbons (Fsp3) is 0.143. The van der Waals surface area contributed by atoms with E-state index >= 15 is 0 Å². The SMILES string of the molecule is COc1ccc(OC)c(NC(=O)c2ccc(=O)n(Cc3c(F)cccc3Cl)c2)c1. The molecule has 3 aromatic rings. The van der Waals surface area contributed by atoms with E-state index in [1.54, 1.807) is 18.2 Å². The summed E-state index contributed by atoms with van der Waals surface area (Å²) in [5, 5.41) is 2.93. The molecular formula is C21H18ClFN2O4. The van der Waals surface area contributed by atoms with Crippen LogP contribution in [-0.4, -0.2) is 24.7 Å². The van der Waals surface area contributed by atoms with E-state index < -0.39 is 11.7 Å². The van der Waals surface area contributed by atoms with Gasteiger partial charge in [-0.25, -0.2) is 4.39 Å². The first kappa shape index (κ1) is 20.4. The van der Waals surface area contributed by atoms with Gasteiger partial charge in [0.05, 0.1) is 32.0 Å². The highest BCUT2D eigenvalue weighted by molar-refractivity contribution is 6.31. The number of hydrogen-bond acceptors (Lipinski definition) is 4. The topological polar surface area (TPSA) is 69.6 Å². The van der Waals surface area contributed by atoms with Gasteiger partial charge in [0, 0.05) is 28.9 Å². The van der Waals surface area contributed by atoms with Gasteiger partial charge in [-0.3, -0.25) is 9.59 Å². The Hall–Kier alpha value is -3.32. The monoisotopic (exact) mass is 416 g/mol. The summed E-state index contributed by atoms with van der Waals surface area (Å²) in [4.78, 5) is 24.9. The van der Waals surface area contributed by atoms with Crippen molar-refractivity contribution in [1.29, 1.82) is 0 Å². The van der Waals surface area contributed by atoms with Crippen LogP contribution >= 0.6 is 11.6 Å². The average molecular weight is 417 g/mol. The molecule has 1 amide bonds. The molecule has 0 radical (unpaired) electrons. The van der Waals surface area contributed by atoms with Crippen LogP contribution in [0.15, 0.2) is 59.5 Å². The van der Waals surface area contributed by atoms with Crippen molar-refractivity contribution in [3.8, 4) is 11.5 Å². The molecule has 0 spiro atoms. The molecule has 1 heterocycles. The number of ether oxygens (including phenoxy) is 2. The van der Waals surface area contributed by atoms with Crippen LogP contribution in [0.5, 0.6) is 11.5 Å². The number of halogens is 2. The number of methoxy groups -OCH3 is 2. The Morgan fingerprint density at radius 1 is 1.14 bits per heavy atom. The van der Waals surface area contributed by atoms with Gasteiger partial charge in [-0.15, -0.1) is 0 Å². The molecule has 0 atom stereocenters. The lowest BCUT2D eigenvalue weighted by Crippen LogP contribution is -2.23. The van der Waals surface area contributed by atoms with Gasteiger partial charge in [-0.05, 0) is 30.3 Å². The van der Waals surface area contributed by atoms with E-state index in [1.165, 1.54) is 55.3 Å². The average Bonchev–Trinajstić information content (AvgIpc) is 2.72. The van der Waals surface area contributed by atoms with Crippen LogP contribution < -0.4 is 20.3 Å². The Kier molecular flexibility index (Phi) is 6.19. The van der Waals surface area contributed by atoms with Crippen LogP contribution in [0.2, 0.25) is 5.02 Å². The zero-order chi connectivity index (χ0) is 21.0. The van der Waals surface area contributed by atoms with E-state index in [2.05, 4.69) is 5.32 Å². The number of pyridine rings is 1. The fourth-order valence-electron chi connectivity index (χ4n) is 2.75. The Morgan fingerprint density at radius 2 is 1.93 bits per heavy atom. The number of rotatable bonds is 6. The molecule has 8 heteroatoms. The molecule has 3 rings (SSSR count). The standard InChI is InChI=1S/C21H18ClFN2O4/c1-28-14-7-8-19(29-2)18(10-14)24-21(27)13-6-9-20(26)25(11-13)12-15-16(22)4-3-5-17(15)23/h3-11H,12H2,1-2H3,(H,24,27). The minimum atomic E-state index is -0.527. The zero-order valence-corrected chi connectivity index (χ0v) is 16.5. The molecule has 29 heavy (non-hydrogen) atoms. The number of nitrogens with one attached hydrogen (secondary N) is 1. The highest BCUT2D eigenvalue weighted by atomic mass is 35.5. The molecule has 0 fully saturated rings. The van der Waals surface area contributed by atoms with E-state index in [-0.39, 0.29) is 28.3 Å².